The summed E-state index contributed by atoms with van der Waals surface area (Å²) in [5.41, 5.74) is 6.53. The fourth-order valence-electron chi connectivity index (χ4n) is 3.61. The lowest BCUT2D eigenvalue weighted by atomic mass is 9.97. The lowest BCUT2D eigenvalue weighted by molar-refractivity contribution is 0.144. The first-order chi connectivity index (χ1) is 18.1. The molecule has 3 rings (SSSR count). The molecule has 0 bridgehead atoms. The van der Waals surface area contributed by atoms with Crippen molar-refractivity contribution in [3.05, 3.63) is 83.6 Å². The molecule has 38 heavy (non-hydrogen) atoms. The summed E-state index contributed by atoms with van der Waals surface area (Å²) < 4.78 is 34.6. The van der Waals surface area contributed by atoms with E-state index >= 15 is 0 Å². The molecule has 0 fully saturated rings. The normalized spacial score (nSPS) is 12.4. The third-order valence-corrected chi connectivity index (χ3v) is 5.62. The third-order valence-electron chi connectivity index (χ3n) is 5.62. The van der Waals surface area contributed by atoms with Crippen LogP contribution in [0.3, 0.4) is 0 Å². The van der Waals surface area contributed by atoms with Crippen LogP contribution in [-0.2, 0) is 23.4 Å². The smallest absolute Gasteiger partial charge is 0.407 e. The van der Waals surface area contributed by atoms with Crippen LogP contribution in [0.25, 0.3) is 0 Å². The Labute approximate surface area is 221 Å². The summed E-state index contributed by atoms with van der Waals surface area (Å²) in [6, 6.07) is 13.1. The Kier molecular flexibility index (Phi) is 10.1. The molecule has 2 aromatic carbocycles. The highest BCUT2D eigenvalue weighted by atomic mass is 19.1. The van der Waals surface area contributed by atoms with Gasteiger partial charge in [0.25, 0.3) is 0 Å². The van der Waals surface area contributed by atoms with Gasteiger partial charge in [-0.2, -0.15) is 0 Å². The molecule has 1 aromatic heterocycles. The average molecular weight is 525 g/mol. The zero-order valence-electron chi connectivity index (χ0n) is 22.0. The lowest BCUT2D eigenvalue weighted by Crippen LogP contribution is -2.27. The Hall–Kier alpha value is -4.08. The number of hydrogen-bond acceptors (Lipinski definition) is 4. The predicted octanol–water partition coefficient (Wildman–Crippen LogP) is 5.43. The zero-order valence-corrected chi connectivity index (χ0v) is 22.0. The Balaban J connectivity index is 1.43. The van der Waals surface area contributed by atoms with Gasteiger partial charge in [0, 0.05) is 18.7 Å². The Morgan fingerprint density at radius 3 is 2.66 bits per heavy atom. The highest BCUT2D eigenvalue weighted by molar-refractivity contribution is 6.06. The van der Waals surface area contributed by atoms with Crippen LogP contribution < -0.4 is 11.1 Å². The van der Waals surface area contributed by atoms with Crippen LogP contribution in [-0.4, -0.2) is 40.5 Å². The maximum absolute atomic E-state index is 14.1. The number of amides is 1. The first-order valence-electron chi connectivity index (χ1n) is 12.5. The topological polar surface area (TPSA) is 107 Å². The molecule has 0 saturated heterocycles. The van der Waals surface area contributed by atoms with Gasteiger partial charge in [-0.05, 0) is 75.4 Å². The number of alkyl halides is 1. The fourth-order valence-corrected chi connectivity index (χ4v) is 3.61. The summed E-state index contributed by atoms with van der Waals surface area (Å²) in [7, 11) is 0. The van der Waals surface area contributed by atoms with Gasteiger partial charge in [-0.15, -0.1) is 0 Å². The maximum Gasteiger partial charge on any atom is 0.407 e. The monoisotopic (exact) mass is 524 g/mol. The van der Waals surface area contributed by atoms with Gasteiger partial charge < -0.3 is 20.4 Å². The molecule has 202 valence electrons. The van der Waals surface area contributed by atoms with Crippen LogP contribution in [0, 0.1) is 5.82 Å². The van der Waals surface area contributed by atoms with Crippen molar-refractivity contribution in [2.45, 2.75) is 52.2 Å². The quantitative estimate of drug-likeness (QED) is 0.198. The SMILES string of the molecule is C/C(N)=N\C(=N/c1cncn1CCCCOC(=O)NCCc1cccc(C(C)(C)F)c1)c1ccc(F)cc1. The van der Waals surface area contributed by atoms with Crippen molar-refractivity contribution in [2.75, 3.05) is 13.2 Å². The van der Waals surface area contributed by atoms with Crippen molar-refractivity contribution in [2.24, 2.45) is 15.7 Å². The summed E-state index contributed by atoms with van der Waals surface area (Å²) in [5.74, 6) is 0.905. The number of imidazole rings is 1. The minimum atomic E-state index is -1.41. The minimum absolute atomic E-state index is 0.266. The number of benzene rings is 2. The van der Waals surface area contributed by atoms with E-state index in [1.165, 1.54) is 26.0 Å². The fraction of sp³-hybridized carbons (Fsp3) is 0.357. The Bertz CT molecular complexity index is 1260. The Morgan fingerprint density at radius 2 is 1.95 bits per heavy atom. The number of rotatable bonds is 11. The number of alkyl carbamates (subject to hydrolysis) is 1. The number of carbonyl (C=O) groups is 1. The largest absolute Gasteiger partial charge is 0.450 e. The van der Waals surface area contributed by atoms with Crippen LogP contribution in [0.2, 0.25) is 0 Å². The molecular weight excluding hydrogens is 490 g/mol. The predicted molar refractivity (Wildman–Crippen MR) is 145 cm³/mol. The Morgan fingerprint density at radius 1 is 1.18 bits per heavy atom. The number of amidine groups is 2. The summed E-state index contributed by atoms with van der Waals surface area (Å²) in [6.07, 6.45) is 4.73. The number of carbonyl (C=O) groups excluding carboxylic acids is 1. The van der Waals surface area contributed by atoms with Crippen molar-refractivity contribution < 1.29 is 18.3 Å². The highest BCUT2D eigenvalue weighted by Crippen LogP contribution is 2.25. The molecule has 3 N–H and O–H groups in total. The summed E-state index contributed by atoms with van der Waals surface area (Å²) in [4.78, 5) is 25.0. The first-order valence-corrected chi connectivity index (χ1v) is 12.5. The second-order valence-corrected chi connectivity index (χ2v) is 9.33. The second kappa shape index (κ2) is 13.5. The zero-order chi connectivity index (χ0) is 27.5. The van der Waals surface area contributed by atoms with E-state index in [-0.39, 0.29) is 12.4 Å². The number of nitrogens with one attached hydrogen (secondary N) is 1. The average Bonchev–Trinajstić information content (AvgIpc) is 3.30. The third kappa shape index (κ3) is 9.10. The number of unbranched alkanes of at least 4 members (excludes halogenated alkanes) is 1. The van der Waals surface area contributed by atoms with E-state index in [9.17, 15) is 13.6 Å². The molecule has 0 aliphatic rings. The van der Waals surface area contributed by atoms with E-state index in [1.807, 2.05) is 22.8 Å². The van der Waals surface area contributed by atoms with Crippen molar-refractivity contribution in [3.8, 4) is 0 Å². The minimum Gasteiger partial charge on any atom is -0.450 e. The van der Waals surface area contributed by atoms with Crippen LogP contribution in [0.5, 0.6) is 0 Å². The molecule has 10 heteroatoms. The van der Waals surface area contributed by atoms with Gasteiger partial charge in [0.2, 0.25) is 0 Å². The van der Waals surface area contributed by atoms with Gasteiger partial charge in [-0.25, -0.2) is 28.5 Å². The number of nitrogens with zero attached hydrogens (tertiary/aromatic N) is 4. The van der Waals surface area contributed by atoms with E-state index in [4.69, 9.17) is 10.5 Å². The number of halogens is 2. The van der Waals surface area contributed by atoms with Gasteiger partial charge in [0.05, 0.1) is 25.0 Å². The number of ether oxygens (including phenoxy) is 1. The van der Waals surface area contributed by atoms with Gasteiger partial charge in [-0.1, -0.05) is 24.3 Å². The molecule has 1 heterocycles. The van der Waals surface area contributed by atoms with Gasteiger partial charge in [0.15, 0.2) is 11.7 Å². The number of aliphatic imine (C=N–C) groups is 2. The van der Waals surface area contributed by atoms with Crippen molar-refractivity contribution >= 4 is 23.6 Å². The molecular formula is C28H34F2N6O2. The second-order valence-electron chi connectivity index (χ2n) is 9.33. The van der Waals surface area contributed by atoms with Crippen LogP contribution >= 0.6 is 0 Å². The molecule has 0 aliphatic heterocycles. The molecule has 1 amide bonds. The summed E-state index contributed by atoms with van der Waals surface area (Å²) in [6.45, 7) is 5.95. The van der Waals surface area contributed by atoms with Crippen LogP contribution in [0.4, 0.5) is 19.4 Å². The number of aryl methyl sites for hydroxylation is 1. The molecule has 0 unspecified atom stereocenters. The van der Waals surface area contributed by atoms with Crippen molar-refractivity contribution in [1.82, 2.24) is 14.9 Å². The van der Waals surface area contributed by atoms with E-state index in [0.717, 1.165) is 12.0 Å². The summed E-state index contributed by atoms with van der Waals surface area (Å²) >= 11 is 0. The molecule has 0 radical (unpaired) electrons. The summed E-state index contributed by atoms with van der Waals surface area (Å²) in [5, 5.41) is 2.73. The van der Waals surface area contributed by atoms with E-state index in [0.29, 0.717) is 54.5 Å². The molecule has 0 spiro atoms. The van der Waals surface area contributed by atoms with E-state index in [1.54, 1.807) is 37.6 Å². The highest BCUT2D eigenvalue weighted by Gasteiger charge is 2.18. The lowest BCUT2D eigenvalue weighted by Gasteiger charge is -2.15. The maximum atomic E-state index is 14.1. The molecule has 0 aliphatic carbocycles. The van der Waals surface area contributed by atoms with Crippen molar-refractivity contribution in [3.63, 3.8) is 0 Å². The molecule has 0 saturated carbocycles. The molecule has 3 aromatic rings. The molecule has 8 nitrogen and oxygen atoms in total. The van der Waals surface area contributed by atoms with Crippen molar-refractivity contribution in [1.29, 1.82) is 0 Å². The van der Waals surface area contributed by atoms with E-state index in [2.05, 4.69) is 20.3 Å². The molecule has 0 atom stereocenters. The number of nitrogens with two attached hydrogens (primary N) is 1. The van der Waals surface area contributed by atoms with Crippen LogP contribution in [0.15, 0.2) is 71.0 Å². The van der Waals surface area contributed by atoms with Gasteiger partial charge >= 0.3 is 6.09 Å². The number of hydrogen-bond donors (Lipinski definition) is 2. The van der Waals surface area contributed by atoms with Crippen LogP contribution in [0.1, 0.15) is 50.3 Å². The standard InChI is InChI=1S/C28H34F2N6O2/c1-20(31)34-26(22-9-11-24(29)12-10-22)35-25-18-32-19-36(25)15-4-5-16-38-27(37)33-14-13-21-7-6-8-23(17-21)28(2,3)30/h6-12,17-19H,4-5,13-16H2,1-3H3,(H,33,37)(H2,31,34,35). The van der Waals surface area contributed by atoms with Gasteiger partial charge in [0.1, 0.15) is 11.5 Å². The van der Waals surface area contributed by atoms with Gasteiger partial charge in [-0.3, -0.25) is 0 Å². The first kappa shape index (κ1) is 28.5. The van der Waals surface area contributed by atoms with E-state index < -0.39 is 11.8 Å². The number of aromatic nitrogens is 2.